The third kappa shape index (κ3) is 4.20. The van der Waals surface area contributed by atoms with Gasteiger partial charge in [0.1, 0.15) is 0 Å². The molecule has 2 rings (SSSR count). The van der Waals surface area contributed by atoms with Crippen molar-refractivity contribution in [3.8, 4) is 0 Å². The van der Waals surface area contributed by atoms with Crippen LogP contribution in [0.2, 0.25) is 0 Å². The van der Waals surface area contributed by atoms with Gasteiger partial charge in [0.2, 0.25) is 10.0 Å². The molecule has 0 unspecified atom stereocenters. The summed E-state index contributed by atoms with van der Waals surface area (Å²) in [6.45, 7) is 1.42. The van der Waals surface area contributed by atoms with Gasteiger partial charge in [0.05, 0.1) is 10.6 Å². The lowest BCUT2D eigenvalue weighted by molar-refractivity contribution is -0.312. The smallest absolute Gasteiger partial charge is 0.329 e. The topological polar surface area (TPSA) is 116 Å². The van der Waals surface area contributed by atoms with Gasteiger partial charge in [0.15, 0.2) is 0 Å². The highest BCUT2D eigenvalue weighted by atomic mass is 32.2. The van der Waals surface area contributed by atoms with E-state index in [-0.39, 0.29) is 18.0 Å². The van der Waals surface area contributed by atoms with Crippen molar-refractivity contribution in [1.29, 1.82) is 0 Å². The molecule has 1 aliphatic rings. The molecule has 1 heterocycles. The molecule has 23 heavy (non-hydrogen) atoms. The zero-order valence-electron chi connectivity index (χ0n) is 12.5. The molecule has 1 aliphatic heterocycles. The van der Waals surface area contributed by atoms with Crippen LogP contribution in [0.4, 0.5) is 5.69 Å². The van der Waals surface area contributed by atoms with Crippen molar-refractivity contribution < 1.29 is 28.0 Å². The van der Waals surface area contributed by atoms with Gasteiger partial charge < -0.3 is 14.7 Å². The second-order valence-electron chi connectivity index (χ2n) is 5.24. The second kappa shape index (κ2) is 6.97. The first-order valence-corrected chi connectivity index (χ1v) is 8.49. The van der Waals surface area contributed by atoms with E-state index in [1.54, 1.807) is 0 Å². The minimum absolute atomic E-state index is 0.0462. The highest BCUT2D eigenvalue weighted by Gasteiger charge is 2.30. The monoisotopic (exact) mass is 341 g/mol. The molecule has 0 amide bonds. The summed E-state index contributed by atoms with van der Waals surface area (Å²) in [6, 6.07) is 5.64. The fourth-order valence-electron chi connectivity index (χ4n) is 2.33. The molecule has 1 atom stereocenters. The zero-order chi connectivity index (χ0) is 17.0. The van der Waals surface area contributed by atoms with Gasteiger partial charge in [-0.1, -0.05) is 0 Å². The standard InChI is InChI=1S/C14H18N2O6S/c1-10(17)22-15-12-4-6-13(7-5-12)23(20,21)16-8-2-3-11(9-16)14(18)19/h4-7,11,15H,2-3,8-9H2,1H3,(H,18,19)/p-1/t11-/m0/s1. The van der Waals surface area contributed by atoms with E-state index in [0.29, 0.717) is 18.5 Å². The SMILES string of the molecule is CC(=O)ONc1ccc(S(=O)(=O)N2CCC[C@H](C(=O)[O-])C2)cc1. The number of nitrogens with one attached hydrogen (secondary N) is 1. The summed E-state index contributed by atoms with van der Waals surface area (Å²) in [5.41, 5.74) is 2.80. The normalized spacial score (nSPS) is 19.1. The molecular weight excluding hydrogens is 324 g/mol. The Kier molecular flexibility index (Phi) is 5.22. The molecule has 8 nitrogen and oxygen atoms in total. The predicted octanol–water partition coefficient (Wildman–Crippen LogP) is -0.273. The number of benzene rings is 1. The minimum atomic E-state index is -3.77. The summed E-state index contributed by atoms with van der Waals surface area (Å²) in [6.07, 6.45) is 0.892. The Bertz CT molecular complexity index is 686. The van der Waals surface area contributed by atoms with Gasteiger partial charge in [-0.2, -0.15) is 4.31 Å². The molecule has 9 heteroatoms. The van der Waals surface area contributed by atoms with Crippen molar-refractivity contribution in [2.24, 2.45) is 5.92 Å². The first-order valence-electron chi connectivity index (χ1n) is 7.05. The Labute approximate surface area is 134 Å². The maximum Gasteiger partial charge on any atom is 0.329 e. The van der Waals surface area contributed by atoms with Crippen molar-refractivity contribution in [3.63, 3.8) is 0 Å². The number of hydrogen-bond donors (Lipinski definition) is 1. The number of piperidine rings is 1. The summed E-state index contributed by atoms with van der Waals surface area (Å²) in [5.74, 6) is -2.54. The van der Waals surface area contributed by atoms with E-state index in [4.69, 9.17) is 0 Å². The molecule has 0 radical (unpaired) electrons. The van der Waals surface area contributed by atoms with E-state index in [0.717, 1.165) is 4.31 Å². The van der Waals surface area contributed by atoms with Gasteiger partial charge in [0, 0.05) is 31.9 Å². The Morgan fingerprint density at radius 3 is 2.52 bits per heavy atom. The van der Waals surface area contributed by atoms with Gasteiger partial charge in [-0.15, -0.1) is 0 Å². The summed E-state index contributed by atoms with van der Waals surface area (Å²) in [7, 11) is -3.77. The highest BCUT2D eigenvalue weighted by molar-refractivity contribution is 7.89. The van der Waals surface area contributed by atoms with Crippen LogP contribution in [0.5, 0.6) is 0 Å². The molecule has 0 aromatic heterocycles. The molecule has 126 valence electrons. The van der Waals surface area contributed by atoms with Crippen molar-refractivity contribution in [2.75, 3.05) is 18.6 Å². The van der Waals surface area contributed by atoms with E-state index >= 15 is 0 Å². The average Bonchev–Trinajstić information content (AvgIpc) is 2.53. The Balaban J connectivity index is 2.12. The maximum absolute atomic E-state index is 12.5. The molecular formula is C14H17N2O6S-. The maximum atomic E-state index is 12.5. The average molecular weight is 341 g/mol. The van der Waals surface area contributed by atoms with Crippen LogP contribution in [0, 0.1) is 5.92 Å². The Morgan fingerprint density at radius 2 is 1.96 bits per heavy atom. The molecule has 0 spiro atoms. The van der Waals surface area contributed by atoms with Crippen molar-refractivity contribution in [2.45, 2.75) is 24.7 Å². The molecule has 1 saturated heterocycles. The highest BCUT2D eigenvalue weighted by Crippen LogP contribution is 2.24. The van der Waals surface area contributed by atoms with E-state index in [2.05, 4.69) is 10.3 Å². The third-order valence-electron chi connectivity index (χ3n) is 3.52. The van der Waals surface area contributed by atoms with Crippen LogP contribution in [0.15, 0.2) is 29.2 Å². The molecule has 1 N–H and O–H groups in total. The third-order valence-corrected chi connectivity index (χ3v) is 5.40. The van der Waals surface area contributed by atoms with Gasteiger partial charge in [-0.05, 0) is 37.1 Å². The largest absolute Gasteiger partial charge is 0.550 e. The van der Waals surface area contributed by atoms with Crippen LogP contribution in [0.3, 0.4) is 0 Å². The van der Waals surface area contributed by atoms with E-state index in [1.165, 1.54) is 31.2 Å². The first-order chi connectivity index (χ1) is 10.8. The van der Waals surface area contributed by atoms with Crippen LogP contribution < -0.4 is 10.6 Å². The van der Waals surface area contributed by atoms with Crippen LogP contribution >= 0.6 is 0 Å². The van der Waals surface area contributed by atoms with E-state index in [9.17, 15) is 23.1 Å². The van der Waals surface area contributed by atoms with Crippen LogP contribution in [0.25, 0.3) is 0 Å². The summed E-state index contributed by atoms with van der Waals surface area (Å²) in [5, 5.41) is 11.0. The van der Waals surface area contributed by atoms with Gasteiger partial charge >= 0.3 is 5.97 Å². The summed E-state index contributed by atoms with van der Waals surface area (Å²) < 4.78 is 26.2. The summed E-state index contributed by atoms with van der Waals surface area (Å²) >= 11 is 0. The van der Waals surface area contributed by atoms with E-state index in [1.807, 2.05) is 0 Å². The van der Waals surface area contributed by atoms with Crippen molar-refractivity contribution in [3.05, 3.63) is 24.3 Å². The fraction of sp³-hybridized carbons (Fsp3) is 0.429. The molecule has 0 bridgehead atoms. The molecule has 1 aromatic rings. The first kappa shape index (κ1) is 17.2. The second-order valence-corrected chi connectivity index (χ2v) is 7.18. The van der Waals surface area contributed by atoms with Gasteiger partial charge in [0.25, 0.3) is 0 Å². The molecule has 0 saturated carbocycles. The number of hydrogen-bond acceptors (Lipinski definition) is 7. The lowest BCUT2D eigenvalue weighted by Gasteiger charge is -2.32. The molecule has 1 aromatic carbocycles. The zero-order valence-corrected chi connectivity index (χ0v) is 13.3. The number of nitrogens with zero attached hydrogens (tertiary/aromatic N) is 1. The Hall–Kier alpha value is -2.13. The quantitative estimate of drug-likeness (QED) is 0.733. The van der Waals surface area contributed by atoms with Gasteiger partial charge in [-0.3, -0.25) is 4.79 Å². The van der Waals surface area contributed by atoms with Crippen LogP contribution in [0.1, 0.15) is 19.8 Å². The molecule has 0 aliphatic carbocycles. The van der Waals surface area contributed by atoms with Crippen LogP contribution in [-0.2, 0) is 24.4 Å². The number of carbonyl (C=O) groups excluding carboxylic acids is 2. The van der Waals surface area contributed by atoms with Crippen molar-refractivity contribution >= 4 is 27.6 Å². The number of rotatable bonds is 5. The van der Waals surface area contributed by atoms with Crippen molar-refractivity contribution in [1.82, 2.24) is 4.31 Å². The van der Waals surface area contributed by atoms with E-state index < -0.39 is 27.9 Å². The molecule has 1 fully saturated rings. The number of aliphatic carboxylic acids is 1. The Morgan fingerprint density at radius 1 is 1.30 bits per heavy atom. The van der Waals surface area contributed by atoms with Gasteiger partial charge in [-0.25, -0.2) is 13.9 Å². The van der Waals surface area contributed by atoms with Crippen LogP contribution in [-0.4, -0.2) is 37.8 Å². The summed E-state index contributed by atoms with van der Waals surface area (Å²) in [4.78, 5) is 26.3. The fourth-order valence-corrected chi connectivity index (χ4v) is 3.85. The lowest BCUT2D eigenvalue weighted by atomic mass is 10.0. The predicted molar refractivity (Wildman–Crippen MR) is 78.3 cm³/mol. The number of anilines is 1. The number of sulfonamides is 1. The number of carbonyl (C=O) groups is 2. The number of carboxylic acids is 1. The lowest BCUT2D eigenvalue weighted by Crippen LogP contribution is -2.46. The number of carboxylic acid groups (broad SMARTS) is 1. The minimum Gasteiger partial charge on any atom is -0.550 e.